The van der Waals surface area contributed by atoms with Gasteiger partial charge in [-0.1, -0.05) is 12.6 Å². The molecule has 0 radical (unpaired) electrons. The number of H-pyrrole nitrogens is 1. The molecular formula is C26H25FN8. The molecule has 1 aliphatic rings. The third kappa shape index (κ3) is 4.73. The van der Waals surface area contributed by atoms with Crippen molar-refractivity contribution in [2.45, 2.75) is 18.6 Å². The molecule has 0 saturated carbocycles. The first-order valence-electron chi connectivity index (χ1n) is 11.3. The maximum absolute atomic E-state index is 15.2. The molecule has 35 heavy (non-hydrogen) atoms. The fraction of sp³-hybridized carbons (Fsp3) is 0.192. The summed E-state index contributed by atoms with van der Waals surface area (Å²) >= 11 is 0. The lowest BCUT2D eigenvalue weighted by Crippen LogP contribution is -2.48. The van der Waals surface area contributed by atoms with Gasteiger partial charge in [0.1, 0.15) is 23.9 Å². The van der Waals surface area contributed by atoms with Gasteiger partial charge in [0.15, 0.2) is 0 Å². The lowest BCUT2D eigenvalue weighted by atomic mass is 10.0. The van der Waals surface area contributed by atoms with Crippen LogP contribution in [0.15, 0.2) is 67.6 Å². The number of hydrogen-bond acceptors (Lipinski definition) is 7. The van der Waals surface area contributed by atoms with Crippen LogP contribution in [0.3, 0.4) is 0 Å². The third-order valence-corrected chi connectivity index (χ3v) is 6.16. The van der Waals surface area contributed by atoms with Gasteiger partial charge >= 0.3 is 0 Å². The molecule has 4 heterocycles. The zero-order valence-electron chi connectivity index (χ0n) is 19.0. The van der Waals surface area contributed by atoms with Crippen molar-refractivity contribution in [2.24, 2.45) is 5.73 Å². The van der Waals surface area contributed by atoms with E-state index in [9.17, 15) is 0 Å². The normalized spacial score (nSPS) is 17.7. The molecule has 176 valence electrons. The van der Waals surface area contributed by atoms with Crippen molar-refractivity contribution in [3.05, 3.63) is 78.8 Å². The molecule has 0 amide bonds. The van der Waals surface area contributed by atoms with E-state index in [4.69, 9.17) is 11.0 Å². The van der Waals surface area contributed by atoms with E-state index >= 15 is 4.39 Å². The highest BCUT2D eigenvalue weighted by molar-refractivity contribution is 5.84. The highest BCUT2D eigenvalue weighted by atomic mass is 19.1. The van der Waals surface area contributed by atoms with Crippen molar-refractivity contribution >= 4 is 39.6 Å². The minimum Gasteiger partial charge on any atom is -0.399 e. The number of hydrogen-bond donors (Lipinski definition) is 4. The predicted octanol–water partition coefficient (Wildman–Crippen LogP) is 4.53. The summed E-state index contributed by atoms with van der Waals surface area (Å²) in [6.45, 7) is 4.67. The van der Waals surface area contributed by atoms with Gasteiger partial charge in [-0.25, -0.2) is 14.4 Å². The third-order valence-electron chi connectivity index (χ3n) is 6.16. The van der Waals surface area contributed by atoms with Crippen molar-refractivity contribution in [2.75, 3.05) is 28.6 Å². The van der Waals surface area contributed by atoms with Crippen LogP contribution in [0, 0.1) is 11.3 Å². The number of pyridine rings is 2. The zero-order chi connectivity index (χ0) is 24.4. The summed E-state index contributed by atoms with van der Waals surface area (Å²) in [6, 6.07) is 14.9. The van der Waals surface area contributed by atoms with Gasteiger partial charge in [0, 0.05) is 59.4 Å². The van der Waals surface area contributed by atoms with Crippen LogP contribution in [-0.4, -0.2) is 40.3 Å². The van der Waals surface area contributed by atoms with Gasteiger partial charge in [0.2, 0.25) is 0 Å². The van der Waals surface area contributed by atoms with Crippen LogP contribution in [0.1, 0.15) is 17.5 Å². The largest absolute Gasteiger partial charge is 0.399 e. The second-order valence-corrected chi connectivity index (χ2v) is 8.56. The lowest BCUT2D eigenvalue weighted by Gasteiger charge is -2.36. The molecule has 0 spiro atoms. The predicted molar refractivity (Wildman–Crippen MR) is 137 cm³/mol. The highest BCUT2D eigenvalue weighted by Crippen LogP contribution is 2.29. The van der Waals surface area contributed by atoms with E-state index in [0.717, 1.165) is 16.6 Å². The van der Waals surface area contributed by atoms with Crippen molar-refractivity contribution < 1.29 is 4.39 Å². The molecule has 9 heteroatoms. The molecule has 3 aromatic heterocycles. The highest BCUT2D eigenvalue weighted by Gasteiger charge is 2.30. The monoisotopic (exact) mass is 468 g/mol. The molecule has 5 rings (SSSR count). The number of aromatic amines is 1. The molecule has 0 bridgehead atoms. The second-order valence-electron chi connectivity index (χ2n) is 8.56. The fourth-order valence-electron chi connectivity index (χ4n) is 4.29. The Hall–Kier alpha value is -4.58. The average Bonchev–Trinajstić information content (AvgIpc) is 3.33. The maximum atomic E-state index is 15.2. The summed E-state index contributed by atoms with van der Waals surface area (Å²) in [5.74, 6) is 1.27. The van der Waals surface area contributed by atoms with E-state index in [-0.39, 0.29) is 6.54 Å². The molecule has 1 saturated heterocycles. The minimum absolute atomic E-state index is 0.196. The Morgan fingerprint density at radius 1 is 1.20 bits per heavy atom. The number of nitrogens with one attached hydrogen (secondary N) is 3. The van der Waals surface area contributed by atoms with Crippen LogP contribution in [0.2, 0.25) is 0 Å². The number of aromatic nitrogens is 3. The van der Waals surface area contributed by atoms with Crippen LogP contribution >= 0.6 is 0 Å². The number of nitrogens with two attached hydrogens (primary N) is 1. The van der Waals surface area contributed by atoms with E-state index in [0.29, 0.717) is 47.1 Å². The summed E-state index contributed by atoms with van der Waals surface area (Å²) in [7, 11) is 0. The van der Waals surface area contributed by atoms with Gasteiger partial charge in [0.25, 0.3) is 0 Å². The molecule has 2 unspecified atom stereocenters. The molecular weight excluding hydrogens is 443 g/mol. The lowest BCUT2D eigenvalue weighted by molar-refractivity contribution is 0.263. The summed E-state index contributed by atoms with van der Waals surface area (Å²) < 4.78 is 15.2. The van der Waals surface area contributed by atoms with E-state index in [1.165, 1.54) is 6.20 Å². The van der Waals surface area contributed by atoms with Crippen molar-refractivity contribution in [1.82, 2.24) is 15.0 Å². The molecule has 1 aliphatic heterocycles. The standard InChI is InChI=1S/C26H25FN8/c1-16(29)20-14-31-25(33-19-4-3-18-6-8-30-23(18)10-19)11-24(20)34-22-7-9-35(15-21(22)27)26-5-2-17(12-28)13-32-26/h2-6,8,10-11,13-14,21-22,30H,1,7,9,15,29H2,(H2,31,33,34). The molecule has 0 aliphatic carbocycles. The number of nitrogens with zero attached hydrogens (tertiary/aromatic N) is 4. The van der Waals surface area contributed by atoms with E-state index < -0.39 is 12.2 Å². The molecule has 8 nitrogen and oxygen atoms in total. The first-order valence-corrected chi connectivity index (χ1v) is 11.3. The van der Waals surface area contributed by atoms with Crippen LogP contribution in [0.5, 0.6) is 0 Å². The summed E-state index contributed by atoms with van der Waals surface area (Å²) in [5, 5.41) is 16.7. The van der Waals surface area contributed by atoms with E-state index in [1.807, 2.05) is 47.5 Å². The Kier molecular flexibility index (Phi) is 5.94. The van der Waals surface area contributed by atoms with Crippen molar-refractivity contribution in [3.63, 3.8) is 0 Å². The average molecular weight is 469 g/mol. The molecule has 1 aromatic carbocycles. The SMILES string of the molecule is C=C(N)c1cnc(Nc2ccc3cc[nH]c3c2)cc1NC1CCN(c2ccc(C#N)cn2)CC1F. The molecule has 4 aromatic rings. The van der Waals surface area contributed by atoms with Crippen molar-refractivity contribution in [3.8, 4) is 6.07 Å². The Morgan fingerprint density at radius 3 is 2.83 bits per heavy atom. The molecule has 5 N–H and O–H groups in total. The number of nitriles is 1. The number of benzene rings is 1. The van der Waals surface area contributed by atoms with Crippen LogP contribution in [-0.2, 0) is 0 Å². The first kappa shape index (κ1) is 22.2. The van der Waals surface area contributed by atoms with Gasteiger partial charge in [0.05, 0.1) is 18.2 Å². The van der Waals surface area contributed by atoms with E-state index in [1.54, 1.807) is 18.3 Å². The number of fused-ring (bicyclic) bond motifs is 1. The van der Waals surface area contributed by atoms with Crippen LogP contribution < -0.4 is 21.3 Å². The first-order chi connectivity index (χ1) is 17.0. The summed E-state index contributed by atoms with van der Waals surface area (Å²) in [5.41, 5.74) is 10.0. The minimum atomic E-state index is -1.14. The Balaban J connectivity index is 1.32. The smallest absolute Gasteiger partial charge is 0.138 e. The number of alkyl halides is 1. The quantitative estimate of drug-likeness (QED) is 0.328. The Morgan fingerprint density at radius 2 is 2.09 bits per heavy atom. The van der Waals surface area contributed by atoms with Crippen LogP contribution in [0.25, 0.3) is 16.6 Å². The van der Waals surface area contributed by atoms with Crippen LogP contribution in [0.4, 0.5) is 27.4 Å². The molecule has 1 fully saturated rings. The van der Waals surface area contributed by atoms with Crippen molar-refractivity contribution in [1.29, 1.82) is 5.26 Å². The fourth-order valence-corrected chi connectivity index (χ4v) is 4.29. The number of halogens is 1. The summed E-state index contributed by atoms with van der Waals surface area (Å²) in [6.07, 6.45) is 4.47. The molecule has 2 atom stereocenters. The van der Waals surface area contributed by atoms with E-state index in [2.05, 4.69) is 32.2 Å². The number of rotatable bonds is 6. The zero-order valence-corrected chi connectivity index (χ0v) is 19.0. The van der Waals surface area contributed by atoms with Gasteiger partial charge in [-0.3, -0.25) is 0 Å². The van der Waals surface area contributed by atoms with Gasteiger partial charge < -0.3 is 26.3 Å². The topological polar surface area (TPSA) is 119 Å². The summed E-state index contributed by atoms with van der Waals surface area (Å²) in [4.78, 5) is 13.8. The number of piperidine rings is 1. The Labute approximate surface area is 202 Å². The van der Waals surface area contributed by atoms with Gasteiger partial charge in [-0.2, -0.15) is 5.26 Å². The number of anilines is 4. The van der Waals surface area contributed by atoms with Gasteiger partial charge in [-0.05, 0) is 42.1 Å². The van der Waals surface area contributed by atoms with Gasteiger partial charge in [-0.15, -0.1) is 0 Å². The second kappa shape index (κ2) is 9.35. The Bertz CT molecular complexity index is 1410. The maximum Gasteiger partial charge on any atom is 0.138 e.